The van der Waals surface area contributed by atoms with Gasteiger partial charge in [-0.2, -0.15) is 4.39 Å². The Balaban J connectivity index is 2.00. The van der Waals surface area contributed by atoms with E-state index in [9.17, 15) is 12.8 Å². The van der Waals surface area contributed by atoms with Crippen molar-refractivity contribution in [2.24, 2.45) is 0 Å². The number of fused-ring (bicyclic) bond motifs is 1. The zero-order chi connectivity index (χ0) is 16.4. The molecule has 3 rings (SSSR count). The number of aromatic nitrogens is 3. The molecule has 118 valence electrons. The molecule has 6 nitrogen and oxygen atoms in total. The van der Waals surface area contributed by atoms with Crippen LogP contribution in [0.2, 0.25) is 0 Å². The van der Waals surface area contributed by atoms with Gasteiger partial charge in [-0.15, -0.1) is 0 Å². The molecule has 23 heavy (non-hydrogen) atoms. The Kier molecular flexibility index (Phi) is 3.91. The molecule has 0 atom stereocenters. The number of hydrogen-bond acceptors (Lipinski definition) is 6. The largest absolute Gasteiger partial charge is 0.457 e. The van der Waals surface area contributed by atoms with Gasteiger partial charge in [-0.3, -0.25) is 0 Å². The van der Waals surface area contributed by atoms with E-state index in [0.29, 0.717) is 16.7 Å². The summed E-state index contributed by atoms with van der Waals surface area (Å²) >= 11 is 0. The zero-order valence-corrected chi connectivity index (χ0v) is 12.9. The molecule has 0 aliphatic heterocycles. The molecule has 0 saturated heterocycles. The Labute approximate surface area is 131 Å². The van der Waals surface area contributed by atoms with Gasteiger partial charge in [-0.1, -0.05) is 6.92 Å². The monoisotopic (exact) mass is 333 g/mol. The van der Waals surface area contributed by atoms with Crippen molar-refractivity contribution in [2.75, 3.05) is 5.75 Å². The van der Waals surface area contributed by atoms with Gasteiger partial charge >= 0.3 is 0 Å². The number of halogens is 1. The average Bonchev–Trinajstić information content (AvgIpc) is 2.54. The number of pyridine rings is 1. The van der Waals surface area contributed by atoms with Gasteiger partial charge in [0.25, 0.3) is 0 Å². The second-order valence-corrected chi connectivity index (χ2v) is 6.86. The summed E-state index contributed by atoms with van der Waals surface area (Å²) in [5.41, 5.74) is 0.430. The van der Waals surface area contributed by atoms with Crippen LogP contribution >= 0.6 is 0 Å². The van der Waals surface area contributed by atoms with Gasteiger partial charge in [0.05, 0.1) is 11.3 Å². The molecule has 2 heterocycles. The van der Waals surface area contributed by atoms with Gasteiger partial charge in [0.2, 0.25) is 20.9 Å². The Morgan fingerprint density at radius 1 is 1.13 bits per heavy atom. The minimum absolute atomic E-state index is 0.0784. The fraction of sp³-hybridized carbons (Fsp3) is 0.133. The molecule has 0 radical (unpaired) electrons. The topological polar surface area (TPSA) is 82.0 Å². The van der Waals surface area contributed by atoms with Crippen LogP contribution in [0.4, 0.5) is 4.39 Å². The van der Waals surface area contributed by atoms with Gasteiger partial charge < -0.3 is 4.74 Å². The van der Waals surface area contributed by atoms with E-state index in [1.165, 1.54) is 25.4 Å². The van der Waals surface area contributed by atoms with E-state index < -0.39 is 15.8 Å². The first kappa shape index (κ1) is 15.3. The van der Waals surface area contributed by atoms with Crippen molar-refractivity contribution in [1.29, 1.82) is 0 Å². The summed E-state index contributed by atoms with van der Waals surface area (Å²) in [5, 5.41) is 0.452. The molecule has 0 aliphatic carbocycles. The number of rotatable bonds is 4. The van der Waals surface area contributed by atoms with Crippen molar-refractivity contribution in [3.8, 4) is 11.5 Å². The maximum absolute atomic E-state index is 13.1. The van der Waals surface area contributed by atoms with Crippen molar-refractivity contribution in [3.05, 3.63) is 48.7 Å². The van der Waals surface area contributed by atoms with E-state index in [4.69, 9.17) is 4.74 Å². The Morgan fingerprint density at radius 3 is 2.65 bits per heavy atom. The standard InChI is InChI=1S/C15H12FN3O3S/c1-2-23(20,21)15-18-9-10-3-4-11(7-13(10)19-15)22-12-5-6-17-14(16)8-12/h3-9H,2H2,1H3. The molecule has 8 heteroatoms. The Morgan fingerprint density at radius 2 is 1.91 bits per heavy atom. The lowest BCUT2D eigenvalue weighted by molar-refractivity contribution is 0.472. The summed E-state index contributed by atoms with van der Waals surface area (Å²) in [5.74, 6) is -0.0405. The molecule has 0 amide bonds. The lowest BCUT2D eigenvalue weighted by Gasteiger charge is -2.07. The minimum atomic E-state index is -3.49. The molecule has 0 saturated carbocycles. The van der Waals surface area contributed by atoms with E-state index in [2.05, 4.69) is 15.0 Å². The molecule has 0 N–H and O–H groups in total. The van der Waals surface area contributed by atoms with Crippen LogP contribution in [-0.4, -0.2) is 29.1 Å². The summed E-state index contributed by atoms with van der Waals surface area (Å²) in [6.45, 7) is 1.53. The average molecular weight is 333 g/mol. The first-order valence-corrected chi connectivity index (χ1v) is 8.42. The second-order valence-electron chi connectivity index (χ2n) is 4.69. The first-order chi connectivity index (χ1) is 11.0. The van der Waals surface area contributed by atoms with Gasteiger partial charge in [-0.05, 0) is 18.2 Å². The Bertz CT molecular complexity index is 977. The minimum Gasteiger partial charge on any atom is -0.457 e. The second kappa shape index (κ2) is 5.88. The molecular formula is C15H12FN3O3S. The number of hydrogen-bond donors (Lipinski definition) is 0. The molecule has 1 aromatic carbocycles. The van der Waals surface area contributed by atoms with Gasteiger partial charge in [-0.25, -0.2) is 23.4 Å². The third kappa shape index (κ3) is 3.26. The fourth-order valence-electron chi connectivity index (χ4n) is 1.91. The van der Waals surface area contributed by atoms with E-state index in [-0.39, 0.29) is 16.7 Å². The van der Waals surface area contributed by atoms with E-state index in [0.717, 1.165) is 6.07 Å². The molecule has 0 fully saturated rings. The zero-order valence-electron chi connectivity index (χ0n) is 12.1. The predicted octanol–water partition coefficient (Wildman–Crippen LogP) is 2.75. The third-order valence-electron chi connectivity index (χ3n) is 3.12. The van der Waals surface area contributed by atoms with Gasteiger partial charge in [0, 0.05) is 29.9 Å². The highest BCUT2D eigenvalue weighted by atomic mass is 32.2. The van der Waals surface area contributed by atoms with Crippen LogP contribution < -0.4 is 4.74 Å². The van der Waals surface area contributed by atoms with Gasteiger partial charge in [0.1, 0.15) is 11.5 Å². The molecule has 0 unspecified atom stereocenters. The van der Waals surface area contributed by atoms with Crippen LogP contribution in [0.15, 0.2) is 47.9 Å². The van der Waals surface area contributed by atoms with Crippen molar-refractivity contribution < 1.29 is 17.5 Å². The lowest BCUT2D eigenvalue weighted by atomic mass is 10.2. The van der Waals surface area contributed by atoms with Crippen LogP contribution in [0.25, 0.3) is 10.9 Å². The highest BCUT2D eigenvalue weighted by molar-refractivity contribution is 7.91. The maximum Gasteiger partial charge on any atom is 0.247 e. The van der Waals surface area contributed by atoms with Crippen molar-refractivity contribution in [3.63, 3.8) is 0 Å². The molecule has 0 aliphatic rings. The lowest BCUT2D eigenvalue weighted by Crippen LogP contribution is -2.08. The molecule has 0 spiro atoms. The van der Waals surface area contributed by atoms with Crippen LogP contribution in [0.1, 0.15) is 6.92 Å². The summed E-state index contributed by atoms with van der Waals surface area (Å²) in [6, 6.07) is 7.60. The quantitative estimate of drug-likeness (QED) is 0.539. The normalized spacial score (nSPS) is 11.6. The fourth-order valence-corrected chi connectivity index (χ4v) is 2.62. The first-order valence-electron chi connectivity index (χ1n) is 6.77. The summed E-state index contributed by atoms with van der Waals surface area (Å²) in [7, 11) is -3.49. The maximum atomic E-state index is 13.1. The predicted molar refractivity (Wildman–Crippen MR) is 81.5 cm³/mol. The highest BCUT2D eigenvalue weighted by Gasteiger charge is 2.15. The summed E-state index contributed by atoms with van der Waals surface area (Å²) in [6.07, 6.45) is 2.74. The SMILES string of the molecule is CCS(=O)(=O)c1ncc2ccc(Oc3ccnc(F)c3)cc2n1. The van der Waals surface area contributed by atoms with Crippen LogP contribution in [0.3, 0.4) is 0 Å². The van der Waals surface area contributed by atoms with Gasteiger partial charge in [0.15, 0.2) is 0 Å². The third-order valence-corrected chi connectivity index (χ3v) is 4.64. The van der Waals surface area contributed by atoms with E-state index in [1.807, 2.05) is 0 Å². The highest BCUT2D eigenvalue weighted by Crippen LogP contribution is 2.25. The molecule has 0 bridgehead atoms. The van der Waals surface area contributed by atoms with Crippen LogP contribution in [0, 0.1) is 5.95 Å². The van der Waals surface area contributed by atoms with Crippen molar-refractivity contribution in [1.82, 2.24) is 15.0 Å². The van der Waals surface area contributed by atoms with Crippen molar-refractivity contribution in [2.45, 2.75) is 12.1 Å². The number of sulfone groups is 1. The van der Waals surface area contributed by atoms with Crippen LogP contribution in [-0.2, 0) is 9.84 Å². The van der Waals surface area contributed by atoms with E-state index >= 15 is 0 Å². The Hall–Kier alpha value is -2.61. The van der Waals surface area contributed by atoms with E-state index in [1.54, 1.807) is 18.2 Å². The summed E-state index contributed by atoms with van der Waals surface area (Å²) < 4.78 is 42.3. The molecule has 2 aromatic heterocycles. The summed E-state index contributed by atoms with van der Waals surface area (Å²) in [4.78, 5) is 11.4. The number of ether oxygens (including phenoxy) is 1. The number of benzene rings is 1. The smallest absolute Gasteiger partial charge is 0.247 e. The molecular weight excluding hydrogens is 321 g/mol. The van der Waals surface area contributed by atoms with Crippen LogP contribution in [0.5, 0.6) is 11.5 Å². The molecule has 3 aromatic rings. The number of nitrogens with zero attached hydrogens (tertiary/aromatic N) is 3. The van der Waals surface area contributed by atoms with Crippen molar-refractivity contribution >= 4 is 20.7 Å².